The van der Waals surface area contributed by atoms with Crippen LogP contribution in [0.5, 0.6) is 0 Å². The van der Waals surface area contributed by atoms with Crippen molar-refractivity contribution < 1.29 is 4.74 Å². The molecule has 0 aliphatic carbocycles. The molecule has 0 spiro atoms. The number of rotatable bonds is 11. The van der Waals surface area contributed by atoms with Crippen LogP contribution in [-0.2, 0) is 4.74 Å². The largest absolute Gasteiger partial charge is 0.381 e. The lowest BCUT2D eigenvalue weighted by molar-refractivity contribution is 0.0700. The van der Waals surface area contributed by atoms with E-state index in [0.29, 0.717) is 6.10 Å². The molecule has 0 aliphatic rings. The Morgan fingerprint density at radius 1 is 0.737 bits per heavy atom. The van der Waals surface area contributed by atoms with E-state index in [9.17, 15) is 0 Å². The van der Waals surface area contributed by atoms with Gasteiger partial charge in [0.2, 0.25) is 0 Å². The smallest absolute Gasteiger partial charge is 0.0571 e. The van der Waals surface area contributed by atoms with E-state index in [0.717, 1.165) is 30.1 Å². The molecule has 5 unspecified atom stereocenters. The first-order chi connectivity index (χ1) is 8.94. The van der Waals surface area contributed by atoms with Crippen LogP contribution in [0.1, 0.15) is 80.1 Å². The second-order valence-corrected chi connectivity index (χ2v) is 6.89. The average Bonchev–Trinajstić information content (AvgIpc) is 2.41. The molecular weight excluding hydrogens is 232 g/mol. The summed E-state index contributed by atoms with van der Waals surface area (Å²) in [4.78, 5) is 0. The molecule has 1 heteroatoms. The van der Waals surface area contributed by atoms with Crippen LogP contribution in [0.25, 0.3) is 0 Å². The minimum atomic E-state index is 0.454. The molecule has 0 aromatic rings. The van der Waals surface area contributed by atoms with E-state index in [2.05, 4.69) is 41.5 Å². The topological polar surface area (TPSA) is 9.23 Å². The average molecular weight is 271 g/mol. The lowest BCUT2D eigenvalue weighted by Crippen LogP contribution is -2.19. The van der Waals surface area contributed by atoms with Crippen molar-refractivity contribution in [3.05, 3.63) is 0 Å². The van der Waals surface area contributed by atoms with Crippen LogP contribution in [0.4, 0.5) is 0 Å². The van der Waals surface area contributed by atoms with Crippen LogP contribution in [0.15, 0.2) is 0 Å². The third-order valence-electron chi connectivity index (χ3n) is 5.01. The molecule has 0 N–H and O–H groups in total. The Morgan fingerprint density at radius 2 is 1.37 bits per heavy atom. The molecule has 19 heavy (non-hydrogen) atoms. The van der Waals surface area contributed by atoms with Crippen LogP contribution in [0.2, 0.25) is 0 Å². The maximum absolute atomic E-state index is 5.51. The van der Waals surface area contributed by atoms with Crippen molar-refractivity contribution in [1.29, 1.82) is 0 Å². The highest BCUT2D eigenvalue weighted by Gasteiger charge is 2.18. The molecule has 1 nitrogen and oxygen atoms in total. The van der Waals surface area contributed by atoms with Crippen LogP contribution in [0.3, 0.4) is 0 Å². The van der Waals surface area contributed by atoms with Crippen molar-refractivity contribution in [2.75, 3.05) is 7.11 Å². The van der Waals surface area contributed by atoms with Gasteiger partial charge in [-0.05, 0) is 42.9 Å². The third kappa shape index (κ3) is 8.68. The summed E-state index contributed by atoms with van der Waals surface area (Å²) in [7, 11) is 1.85. The Bertz CT molecular complexity index is 198. The molecule has 0 aromatic heterocycles. The van der Waals surface area contributed by atoms with E-state index in [4.69, 9.17) is 4.74 Å². The van der Waals surface area contributed by atoms with Crippen molar-refractivity contribution in [3.8, 4) is 0 Å². The van der Waals surface area contributed by atoms with Crippen LogP contribution in [-0.4, -0.2) is 13.2 Å². The van der Waals surface area contributed by atoms with E-state index >= 15 is 0 Å². The second kappa shape index (κ2) is 10.7. The fourth-order valence-corrected chi connectivity index (χ4v) is 2.88. The lowest BCUT2D eigenvalue weighted by Gasteiger charge is -2.25. The van der Waals surface area contributed by atoms with Gasteiger partial charge in [-0.25, -0.2) is 0 Å². The predicted molar refractivity (Wildman–Crippen MR) is 86.5 cm³/mol. The van der Waals surface area contributed by atoms with Crippen LogP contribution in [0, 0.1) is 23.7 Å². The number of hydrogen-bond acceptors (Lipinski definition) is 1. The maximum atomic E-state index is 5.51. The molecule has 0 saturated heterocycles. The van der Waals surface area contributed by atoms with Gasteiger partial charge < -0.3 is 4.74 Å². The summed E-state index contributed by atoms with van der Waals surface area (Å²) >= 11 is 0. The quantitative estimate of drug-likeness (QED) is 0.452. The zero-order valence-electron chi connectivity index (χ0n) is 14.5. The Balaban J connectivity index is 3.92. The van der Waals surface area contributed by atoms with Gasteiger partial charge in [0, 0.05) is 7.11 Å². The van der Waals surface area contributed by atoms with Crippen molar-refractivity contribution >= 4 is 0 Å². The van der Waals surface area contributed by atoms with Crippen molar-refractivity contribution in [1.82, 2.24) is 0 Å². The van der Waals surface area contributed by atoms with Crippen molar-refractivity contribution in [2.45, 2.75) is 86.2 Å². The highest BCUT2D eigenvalue weighted by Crippen LogP contribution is 2.27. The van der Waals surface area contributed by atoms with Gasteiger partial charge in [-0.3, -0.25) is 0 Å². The van der Waals surface area contributed by atoms with Gasteiger partial charge >= 0.3 is 0 Å². The zero-order chi connectivity index (χ0) is 14.8. The summed E-state index contributed by atoms with van der Waals surface area (Å²) in [6.07, 6.45) is 8.29. The van der Waals surface area contributed by atoms with Crippen LogP contribution < -0.4 is 0 Å². The first kappa shape index (κ1) is 19.0. The molecule has 0 aliphatic heterocycles. The normalized spacial score (nSPS) is 19.7. The molecule has 5 atom stereocenters. The van der Waals surface area contributed by atoms with Gasteiger partial charge in [-0.1, -0.05) is 60.8 Å². The van der Waals surface area contributed by atoms with Gasteiger partial charge in [-0.2, -0.15) is 0 Å². The molecule has 0 radical (unpaired) electrons. The SMILES string of the molecule is CCC(C)CC(C)CCC(C)C(C)CC(CC)OC. The van der Waals surface area contributed by atoms with Gasteiger partial charge in [0.05, 0.1) is 6.10 Å². The molecule has 0 saturated carbocycles. The first-order valence-corrected chi connectivity index (χ1v) is 8.47. The summed E-state index contributed by atoms with van der Waals surface area (Å²) in [5.41, 5.74) is 0. The summed E-state index contributed by atoms with van der Waals surface area (Å²) in [5.74, 6) is 3.37. The highest BCUT2D eigenvalue weighted by atomic mass is 16.5. The molecule has 0 heterocycles. The van der Waals surface area contributed by atoms with Gasteiger partial charge in [-0.15, -0.1) is 0 Å². The maximum Gasteiger partial charge on any atom is 0.0571 e. The molecule has 0 rings (SSSR count). The highest BCUT2D eigenvalue weighted by molar-refractivity contribution is 4.69. The standard InChI is InChI=1S/C18H38O/c1-8-14(3)12-15(4)10-11-16(5)17(6)13-18(9-2)19-7/h14-18H,8-13H2,1-7H3. The Labute approximate surface area is 122 Å². The summed E-state index contributed by atoms with van der Waals surface area (Å²) in [6.45, 7) is 14.1. The third-order valence-corrected chi connectivity index (χ3v) is 5.01. The number of hydrogen-bond donors (Lipinski definition) is 0. The predicted octanol–water partition coefficient (Wildman–Crippen LogP) is 5.93. The molecule has 116 valence electrons. The van der Waals surface area contributed by atoms with E-state index in [1.54, 1.807) is 0 Å². The second-order valence-electron chi connectivity index (χ2n) is 6.89. The van der Waals surface area contributed by atoms with Gasteiger partial charge in [0.1, 0.15) is 0 Å². The molecular formula is C18H38O. The Hall–Kier alpha value is -0.0400. The van der Waals surface area contributed by atoms with Crippen molar-refractivity contribution in [2.24, 2.45) is 23.7 Å². The molecule has 0 aromatic carbocycles. The minimum absolute atomic E-state index is 0.454. The fraction of sp³-hybridized carbons (Fsp3) is 1.00. The summed E-state index contributed by atoms with van der Waals surface area (Å²) in [5, 5.41) is 0. The minimum Gasteiger partial charge on any atom is -0.381 e. The summed E-state index contributed by atoms with van der Waals surface area (Å²) < 4.78 is 5.51. The number of methoxy groups -OCH3 is 1. The fourth-order valence-electron chi connectivity index (χ4n) is 2.88. The van der Waals surface area contributed by atoms with Crippen molar-refractivity contribution in [3.63, 3.8) is 0 Å². The Kier molecular flexibility index (Phi) is 10.7. The molecule has 0 bridgehead atoms. The van der Waals surface area contributed by atoms with Crippen LogP contribution >= 0.6 is 0 Å². The van der Waals surface area contributed by atoms with Gasteiger partial charge in [0.15, 0.2) is 0 Å². The first-order valence-electron chi connectivity index (χ1n) is 8.47. The van der Waals surface area contributed by atoms with E-state index in [-0.39, 0.29) is 0 Å². The van der Waals surface area contributed by atoms with Gasteiger partial charge in [0.25, 0.3) is 0 Å². The molecule has 0 amide bonds. The summed E-state index contributed by atoms with van der Waals surface area (Å²) in [6, 6.07) is 0. The zero-order valence-corrected chi connectivity index (χ0v) is 14.5. The number of ether oxygens (including phenoxy) is 1. The van der Waals surface area contributed by atoms with E-state index in [1.165, 1.54) is 32.1 Å². The van der Waals surface area contributed by atoms with E-state index in [1.807, 2.05) is 7.11 Å². The lowest BCUT2D eigenvalue weighted by atomic mass is 9.83. The Morgan fingerprint density at radius 3 is 1.84 bits per heavy atom. The molecule has 0 fully saturated rings. The van der Waals surface area contributed by atoms with E-state index < -0.39 is 0 Å². The monoisotopic (exact) mass is 270 g/mol.